The van der Waals surface area contributed by atoms with E-state index in [1.165, 1.54) is 0 Å². The number of nitrogens with two attached hydrogens (primary N) is 1. The zero-order chi connectivity index (χ0) is 47.6. The van der Waals surface area contributed by atoms with Crippen molar-refractivity contribution in [1.82, 2.24) is 0 Å². The van der Waals surface area contributed by atoms with Gasteiger partial charge in [-0.3, -0.25) is 9.59 Å². The van der Waals surface area contributed by atoms with Gasteiger partial charge in [0, 0.05) is 31.1 Å². The van der Waals surface area contributed by atoms with Crippen molar-refractivity contribution >= 4 is 11.9 Å². The van der Waals surface area contributed by atoms with E-state index in [0.717, 1.165) is 12.8 Å². The highest BCUT2D eigenvalue weighted by Gasteiger charge is 2.50. The summed E-state index contributed by atoms with van der Waals surface area (Å²) in [6.45, 7) is 6.85. The molecular formula is C47H75NO16. The molecule has 3 rings (SSSR count). The van der Waals surface area contributed by atoms with E-state index in [1.54, 1.807) is 51.2 Å². The van der Waals surface area contributed by atoms with Gasteiger partial charge in [0.25, 0.3) is 0 Å². The first-order valence-electron chi connectivity index (χ1n) is 22.5. The van der Waals surface area contributed by atoms with Crippen molar-refractivity contribution in [3.05, 3.63) is 72.9 Å². The van der Waals surface area contributed by atoms with Crippen molar-refractivity contribution in [2.75, 3.05) is 0 Å². The fourth-order valence-electron chi connectivity index (χ4n) is 8.15. The number of hydrogen-bond acceptors (Lipinski definition) is 16. The lowest BCUT2D eigenvalue weighted by Gasteiger charge is -2.45. The van der Waals surface area contributed by atoms with Crippen LogP contribution in [-0.4, -0.2) is 154 Å². The average molecular weight is 910 g/mol. The third kappa shape index (κ3) is 18.6. The predicted octanol–water partition coefficient (Wildman–Crippen LogP) is 1.96. The standard InChI is InChI=1S/C47H75NO16/c1-28-18-15-13-11-9-7-5-6-8-10-12-14-16-21-36(63-46-44(57)41(48)43(56)31(4)62-46)25-38-40(45(58)59)37(53)27-47(60,64-38)26-33(50)20-17-19-32(49)22-34(51)23-35(52)24-39(54)61-30(3)29(2)42(28)55/h5-6,8,10-16,18,21,28-38,40-44,46,49-53,55-57,60H,7,9,17,19-20,22-27,48H2,1-4H3,(H,58,59)/b6-5+,10-8+,13-11+,14-12+,18-15+,21-16?/t28-,29-,30-,31+,32+,33-,34+,35+,36-,37-,38-,40+,41-,42+,43+,44-,46-,47+/m0/s1. The summed E-state index contributed by atoms with van der Waals surface area (Å²) in [6, 6.07) is -1.12. The predicted molar refractivity (Wildman–Crippen MR) is 236 cm³/mol. The molecule has 0 amide bonds. The summed E-state index contributed by atoms with van der Waals surface area (Å²) < 4.78 is 23.3. The number of allylic oxidation sites excluding steroid dienone is 10. The Hall–Kier alpha value is -3.14. The Balaban J connectivity index is 1.81. The lowest BCUT2D eigenvalue weighted by Crippen LogP contribution is -2.61. The Morgan fingerprint density at radius 2 is 1.31 bits per heavy atom. The van der Waals surface area contributed by atoms with Gasteiger partial charge < -0.3 is 75.7 Å². The summed E-state index contributed by atoms with van der Waals surface area (Å²) in [4.78, 5) is 25.1. The van der Waals surface area contributed by atoms with E-state index in [1.807, 2.05) is 49.5 Å². The molecule has 364 valence electrons. The second kappa shape index (κ2) is 27.5. The van der Waals surface area contributed by atoms with Crippen LogP contribution in [0.15, 0.2) is 72.9 Å². The van der Waals surface area contributed by atoms with Gasteiger partial charge in [0.1, 0.15) is 18.1 Å². The Morgan fingerprint density at radius 1 is 0.719 bits per heavy atom. The highest BCUT2D eigenvalue weighted by Crippen LogP contribution is 2.38. The maximum atomic E-state index is 12.6. The number of fused-ring (bicyclic) bond motifs is 2. The minimum absolute atomic E-state index is 0.0556. The smallest absolute Gasteiger partial charge is 0.311 e. The molecule has 0 spiro atoms. The molecule has 2 bridgehead atoms. The van der Waals surface area contributed by atoms with E-state index >= 15 is 0 Å². The molecule has 0 unspecified atom stereocenters. The number of carbonyl (C=O) groups is 2. The van der Waals surface area contributed by atoms with Crippen LogP contribution in [0, 0.1) is 17.8 Å². The summed E-state index contributed by atoms with van der Waals surface area (Å²) in [5, 5.41) is 107. The summed E-state index contributed by atoms with van der Waals surface area (Å²) in [7, 11) is 0. The molecular weight excluding hydrogens is 835 g/mol. The third-order valence-corrected chi connectivity index (χ3v) is 12.1. The van der Waals surface area contributed by atoms with Crippen molar-refractivity contribution in [3.63, 3.8) is 0 Å². The van der Waals surface area contributed by atoms with Crippen molar-refractivity contribution in [1.29, 1.82) is 0 Å². The van der Waals surface area contributed by atoms with Crippen LogP contribution in [-0.2, 0) is 28.5 Å². The lowest BCUT2D eigenvalue weighted by molar-refractivity contribution is -0.308. The number of aliphatic carboxylic acids is 1. The molecule has 18 atom stereocenters. The fraction of sp³-hybridized carbons (Fsp3) is 0.702. The van der Waals surface area contributed by atoms with Gasteiger partial charge in [-0.2, -0.15) is 0 Å². The molecule has 3 aliphatic rings. The van der Waals surface area contributed by atoms with Gasteiger partial charge in [0.15, 0.2) is 12.1 Å². The Kier molecular flexibility index (Phi) is 23.7. The normalized spacial score (nSPS) is 44.1. The SMILES string of the molecule is C[C@@H]1[C@H](O)[C@@H](C)/C=C/C=C/CC/C=C/C=C/C=C/C=C[C@H](O[C@@H]2O[C@H](C)[C@@H](O)[C@H](N)[C@@H]2O)C[C@@H]2O[C@](O)(C[C@@H](O)CCC[C@@H](O)C[C@@H](O)C[C@@H](O)CC(=O)O[C@H]1C)C[C@H](O)[C@H]2C(=O)O. The summed E-state index contributed by atoms with van der Waals surface area (Å²) in [6.07, 6.45) is 6.74. The maximum Gasteiger partial charge on any atom is 0.311 e. The van der Waals surface area contributed by atoms with Gasteiger partial charge in [0.05, 0.1) is 73.5 Å². The van der Waals surface area contributed by atoms with Crippen LogP contribution in [0.4, 0.5) is 0 Å². The minimum atomic E-state index is -2.17. The van der Waals surface area contributed by atoms with E-state index in [0.29, 0.717) is 0 Å². The van der Waals surface area contributed by atoms with E-state index in [-0.39, 0.29) is 44.4 Å². The van der Waals surface area contributed by atoms with E-state index in [2.05, 4.69) is 0 Å². The van der Waals surface area contributed by atoms with E-state index in [9.17, 15) is 60.7 Å². The molecule has 17 heteroatoms. The Bertz CT molecular complexity index is 1580. The molecule has 17 nitrogen and oxygen atoms in total. The molecule has 0 aromatic carbocycles. The number of cyclic esters (lactones) is 1. The zero-order valence-electron chi connectivity index (χ0n) is 37.5. The van der Waals surface area contributed by atoms with Crippen LogP contribution < -0.4 is 5.73 Å². The number of rotatable bonds is 3. The van der Waals surface area contributed by atoms with Crippen LogP contribution >= 0.6 is 0 Å². The average Bonchev–Trinajstić information content (AvgIpc) is 3.20. The minimum Gasteiger partial charge on any atom is -0.481 e. The Morgan fingerprint density at radius 3 is 1.98 bits per heavy atom. The first-order valence-corrected chi connectivity index (χ1v) is 22.5. The summed E-state index contributed by atoms with van der Waals surface area (Å²) in [5.74, 6) is -6.45. The van der Waals surface area contributed by atoms with E-state index < -0.39 is 134 Å². The number of aliphatic hydroxyl groups excluding tert-OH is 8. The monoisotopic (exact) mass is 910 g/mol. The third-order valence-electron chi connectivity index (χ3n) is 12.1. The number of esters is 1. The molecule has 64 heavy (non-hydrogen) atoms. The topological polar surface area (TPSA) is 299 Å². The molecule has 0 radical (unpaired) electrons. The van der Waals surface area contributed by atoms with Gasteiger partial charge in [-0.25, -0.2) is 0 Å². The number of ether oxygens (including phenoxy) is 4. The van der Waals surface area contributed by atoms with Crippen LogP contribution in [0.25, 0.3) is 0 Å². The Labute approximate surface area is 376 Å². The number of hydrogen-bond donors (Lipinski definition) is 11. The molecule has 2 fully saturated rings. The van der Waals surface area contributed by atoms with Crippen LogP contribution in [0.3, 0.4) is 0 Å². The number of carboxylic acid groups (broad SMARTS) is 1. The van der Waals surface area contributed by atoms with Crippen LogP contribution in [0.2, 0.25) is 0 Å². The highest BCUT2D eigenvalue weighted by molar-refractivity contribution is 5.71. The quantitative estimate of drug-likeness (QED) is 0.180. The fourth-order valence-corrected chi connectivity index (χ4v) is 8.15. The van der Waals surface area contributed by atoms with Gasteiger partial charge in [-0.05, 0) is 58.8 Å². The first kappa shape index (κ1) is 55.2. The largest absolute Gasteiger partial charge is 0.481 e. The zero-order valence-corrected chi connectivity index (χ0v) is 37.5. The second-order valence-corrected chi connectivity index (χ2v) is 17.7. The van der Waals surface area contributed by atoms with Crippen molar-refractivity contribution in [2.45, 2.75) is 190 Å². The first-order chi connectivity index (χ1) is 30.2. The van der Waals surface area contributed by atoms with Crippen LogP contribution in [0.5, 0.6) is 0 Å². The number of carboxylic acids is 1. The van der Waals surface area contributed by atoms with Crippen molar-refractivity contribution in [3.8, 4) is 0 Å². The molecule has 2 saturated heterocycles. The molecule has 3 heterocycles. The number of carbonyl (C=O) groups excluding carboxylic acids is 1. The number of aliphatic hydroxyl groups is 9. The van der Waals surface area contributed by atoms with Crippen molar-refractivity contribution < 1.29 is 79.6 Å². The van der Waals surface area contributed by atoms with E-state index in [4.69, 9.17) is 24.7 Å². The van der Waals surface area contributed by atoms with Gasteiger partial charge in [0.2, 0.25) is 0 Å². The lowest BCUT2D eigenvalue weighted by atomic mass is 9.83. The molecule has 12 N–H and O–H groups in total. The molecule has 0 aromatic heterocycles. The van der Waals surface area contributed by atoms with Gasteiger partial charge in [-0.1, -0.05) is 86.8 Å². The summed E-state index contributed by atoms with van der Waals surface area (Å²) in [5.41, 5.74) is 6.03. The van der Waals surface area contributed by atoms with Crippen LogP contribution in [0.1, 0.15) is 98.3 Å². The van der Waals surface area contributed by atoms with Crippen molar-refractivity contribution in [2.24, 2.45) is 23.5 Å². The maximum absolute atomic E-state index is 12.6. The van der Waals surface area contributed by atoms with Gasteiger partial charge >= 0.3 is 11.9 Å². The second-order valence-electron chi connectivity index (χ2n) is 17.7. The molecule has 3 aliphatic heterocycles. The molecule has 0 aromatic rings. The molecule has 0 saturated carbocycles. The molecule has 0 aliphatic carbocycles. The van der Waals surface area contributed by atoms with Gasteiger partial charge in [-0.15, -0.1) is 0 Å². The summed E-state index contributed by atoms with van der Waals surface area (Å²) >= 11 is 0. The highest BCUT2D eigenvalue weighted by atomic mass is 16.7.